The molecule has 1 heterocycles. The molecule has 106 valence electrons. The molecule has 0 aliphatic rings. The number of nitrogens with one attached hydrogen (secondary N) is 1. The number of benzene rings is 1. The van der Waals surface area contributed by atoms with E-state index in [1.54, 1.807) is 25.2 Å². The van der Waals surface area contributed by atoms with Crippen LogP contribution in [-0.2, 0) is 0 Å². The van der Waals surface area contributed by atoms with E-state index in [0.717, 1.165) is 11.4 Å². The van der Waals surface area contributed by atoms with Crippen molar-refractivity contribution in [2.24, 2.45) is 0 Å². The van der Waals surface area contributed by atoms with Crippen molar-refractivity contribution in [3.05, 3.63) is 39.9 Å². The Labute approximate surface area is 126 Å². The summed E-state index contributed by atoms with van der Waals surface area (Å²) in [4.78, 5) is 9.01. The van der Waals surface area contributed by atoms with Crippen LogP contribution in [-0.4, -0.2) is 17.0 Å². The molecule has 0 radical (unpaired) electrons. The maximum absolute atomic E-state index is 14.3. The monoisotopic (exact) mass is 337 g/mol. The molecule has 0 fully saturated rings. The number of hydrogen-bond donors (Lipinski definition) is 1. The first-order chi connectivity index (χ1) is 9.45. The molecule has 1 aromatic carbocycles. The first-order valence-corrected chi connectivity index (χ1v) is 7.25. The Morgan fingerprint density at radius 3 is 2.55 bits per heavy atom. The van der Waals surface area contributed by atoms with Gasteiger partial charge in [0.2, 0.25) is 0 Å². The highest BCUT2D eigenvalue weighted by molar-refractivity contribution is 9.10. The maximum Gasteiger partial charge on any atom is 0.146 e. The number of anilines is 1. The lowest BCUT2D eigenvalue weighted by molar-refractivity contribution is 0.623. The molecule has 0 atom stereocenters. The van der Waals surface area contributed by atoms with Gasteiger partial charge in [0, 0.05) is 24.1 Å². The van der Waals surface area contributed by atoms with Crippen LogP contribution in [0, 0.1) is 12.7 Å². The smallest absolute Gasteiger partial charge is 0.146 e. The number of hydrogen-bond acceptors (Lipinski definition) is 3. The van der Waals surface area contributed by atoms with Crippen molar-refractivity contribution in [3.63, 3.8) is 0 Å². The summed E-state index contributed by atoms with van der Waals surface area (Å²) < 4.78 is 14.7. The normalized spacial score (nSPS) is 10.9. The fourth-order valence-corrected chi connectivity index (χ4v) is 2.35. The van der Waals surface area contributed by atoms with E-state index in [1.165, 1.54) is 0 Å². The third kappa shape index (κ3) is 2.68. The van der Waals surface area contributed by atoms with Crippen LogP contribution in [0.4, 0.5) is 10.2 Å². The van der Waals surface area contributed by atoms with E-state index < -0.39 is 0 Å². The Morgan fingerprint density at radius 1 is 1.25 bits per heavy atom. The third-order valence-corrected chi connectivity index (χ3v) is 3.74. The lowest BCUT2D eigenvalue weighted by Crippen LogP contribution is -2.07. The molecule has 0 aliphatic heterocycles. The van der Waals surface area contributed by atoms with Crippen LogP contribution in [0.1, 0.15) is 31.2 Å². The summed E-state index contributed by atoms with van der Waals surface area (Å²) in [7, 11) is 1.81. The number of nitrogens with zero attached hydrogens (tertiary/aromatic N) is 2. The lowest BCUT2D eigenvalue weighted by atomic mass is 10.1. The van der Waals surface area contributed by atoms with Gasteiger partial charge in [-0.25, -0.2) is 14.4 Å². The van der Waals surface area contributed by atoms with Crippen LogP contribution in [0.25, 0.3) is 11.3 Å². The van der Waals surface area contributed by atoms with Crippen molar-refractivity contribution >= 4 is 21.7 Å². The minimum Gasteiger partial charge on any atom is -0.373 e. The summed E-state index contributed by atoms with van der Waals surface area (Å²) in [6, 6.07) is 5.22. The van der Waals surface area contributed by atoms with Gasteiger partial charge >= 0.3 is 0 Å². The van der Waals surface area contributed by atoms with Gasteiger partial charge in [0.25, 0.3) is 0 Å². The molecule has 2 aromatic rings. The first kappa shape index (κ1) is 14.9. The van der Waals surface area contributed by atoms with Gasteiger partial charge in [-0.15, -0.1) is 0 Å². The molecule has 0 amide bonds. The van der Waals surface area contributed by atoms with Crippen molar-refractivity contribution in [1.82, 2.24) is 9.97 Å². The van der Waals surface area contributed by atoms with E-state index >= 15 is 0 Å². The van der Waals surface area contributed by atoms with Gasteiger partial charge in [0.05, 0.1) is 10.2 Å². The van der Waals surface area contributed by atoms with E-state index in [2.05, 4.69) is 31.2 Å². The fourth-order valence-electron chi connectivity index (χ4n) is 1.98. The number of rotatable bonds is 3. The lowest BCUT2D eigenvalue weighted by Gasteiger charge is -2.14. The summed E-state index contributed by atoms with van der Waals surface area (Å²) in [6.07, 6.45) is 0. The second kappa shape index (κ2) is 5.87. The molecular formula is C15H17BrFN3. The number of aromatic nitrogens is 2. The Balaban J connectivity index is 2.72. The summed E-state index contributed by atoms with van der Waals surface area (Å²) in [5.74, 6) is 1.31. The summed E-state index contributed by atoms with van der Waals surface area (Å²) in [5.41, 5.74) is 1.96. The molecule has 1 aromatic heterocycles. The molecule has 0 unspecified atom stereocenters. The highest BCUT2D eigenvalue weighted by atomic mass is 79.9. The van der Waals surface area contributed by atoms with Crippen molar-refractivity contribution in [3.8, 4) is 11.3 Å². The van der Waals surface area contributed by atoms with E-state index in [-0.39, 0.29) is 11.7 Å². The van der Waals surface area contributed by atoms with Crippen LogP contribution in [0.5, 0.6) is 0 Å². The minimum atomic E-state index is -0.300. The standard InChI is InChI=1S/C15H17BrFN3/c1-8(2)14-19-13(9(3)15(18-4)20-14)10-6-5-7-11(16)12(10)17/h5-8H,1-4H3,(H,18,19,20). The molecule has 0 aliphatic carbocycles. The third-order valence-electron chi connectivity index (χ3n) is 3.12. The van der Waals surface area contributed by atoms with Gasteiger partial charge in [-0.1, -0.05) is 19.9 Å². The quantitative estimate of drug-likeness (QED) is 0.894. The molecule has 20 heavy (non-hydrogen) atoms. The van der Waals surface area contributed by atoms with E-state index in [0.29, 0.717) is 21.6 Å². The SMILES string of the molecule is CNc1nc(C(C)C)nc(-c2cccc(Br)c2F)c1C. The molecule has 3 nitrogen and oxygen atoms in total. The Morgan fingerprint density at radius 2 is 1.95 bits per heavy atom. The topological polar surface area (TPSA) is 37.8 Å². The molecule has 0 bridgehead atoms. The maximum atomic E-state index is 14.3. The van der Waals surface area contributed by atoms with Gasteiger partial charge in [0.15, 0.2) is 0 Å². The Bertz CT molecular complexity index is 641. The highest BCUT2D eigenvalue weighted by Crippen LogP contribution is 2.31. The van der Waals surface area contributed by atoms with Crippen molar-refractivity contribution in [2.75, 3.05) is 12.4 Å². The van der Waals surface area contributed by atoms with Gasteiger partial charge in [-0.3, -0.25) is 0 Å². The van der Waals surface area contributed by atoms with Gasteiger partial charge in [0.1, 0.15) is 17.5 Å². The van der Waals surface area contributed by atoms with Crippen molar-refractivity contribution in [2.45, 2.75) is 26.7 Å². The second-order valence-electron chi connectivity index (χ2n) is 4.91. The van der Waals surface area contributed by atoms with E-state index in [4.69, 9.17) is 0 Å². The summed E-state index contributed by atoms with van der Waals surface area (Å²) >= 11 is 3.22. The predicted octanol–water partition coefficient (Wildman–Crippen LogP) is 4.52. The zero-order valence-corrected chi connectivity index (χ0v) is 13.5. The minimum absolute atomic E-state index is 0.177. The predicted molar refractivity (Wildman–Crippen MR) is 83.5 cm³/mol. The van der Waals surface area contributed by atoms with Crippen LogP contribution < -0.4 is 5.32 Å². The van der Waals surface area contributed by atoms with Crippen LogP contribution in [0.2, 0.25) is 0 Å². The zero-order chi connectivity index (χ0) is 14.9. The summed E-state index contributed by atoms with van der Waals surface area (Å²) in [6.45, 7) is 5.93. The van der Waals surface area contributed by atoms with E-state index in [9.17, 15) is 4.39 Å². The molecule has 0 saturated carbocycles. The van der Waals surface area contributed by atoms with Crippen molar-refractivity contribution in [1.29, 1.82) is 0 Å². The zero-order valence-electron chi connectivity index (χ0n) is 12.0. The van der Waals surface area contributed by atoms with Gasteiger partial charge in [-0.2, -0.15) is 0 Å². The highest BCUT2D eigenvalue weighted by Gasteiger charge is 2.17. The Hall–Kier alpha value is -1.49. The van der Waals surface area contributed by atoms with Crippen LogP contribution in [0.3, 0.4) is 0 Å². The van der Waals surface area contributed by atoms with E-state index in [1.807, 2.05) is 20.8 Å². The van der Waals surface area contributed by atoms with Gasteiger partial charge in [-0.05, 0) is 35.0 Å². The molecule has 1 N–H and O–H groups in total. The molecule has 5 heteroatoms. The average molecular weight is 338 g/mol. The molecule has 0 spiro atoms. The fraction of sp³-hybridized carbons (Fsp3) is 0.333. The van der Waals surface area contributed by atoms with Gasteiger partial charge < -0.3 is 5.32 Å². The first-order valence-electron chi connectivity index (χ1n) is 6.46. The van der Waals surface area contributed by atoms with Crippen LogP contribution in [0.15, 0.2) is 22.7 Å². The Kier molecular flexibility index (Phi) is 4.38. The second-order valence-corrected chi connectivity index (χ2v) is 5.76. The molecular weight excluding hydrogens is 321 g/mol. The number of halogens is 2. The largest absolute Gasteiger partial charge is 0.373 e. The summed E-state index contributed by atoms with van der Waals surface area (Å²) in [5, 5.41) is 3.05. The van der Waals surface area contributed by atoms with Crippen LogP contribution >= 0.6 is 15.9 Å². The molecule has 0 saturated heterocycles. The average Bonchev–Trinajstić information content (AvgIpc) is 2.42. The van der Waals surface area contributed by atoms with Crippen molar-refractivity contribution < 1.29 is 4.39 Å². The molecule has 2 rings (SSSR count).